The summed E-state index contributed by atoms with van der Waals surface area (Å²) in [7, 11) is 0. The third kappa shape index (κ3) is 2.74. The van der Waals surface area contributed by atoms with Gasteiger partial charge in [0.15, 0.2) is 0 Å². The van der Waals surface area contributed by atoms with Crippen molar-refractivity contribution in [1.82, 2.24) is 9.55 Å². The lowest BCUT2D eigenvalue weighted by Crippen LogP contribution is -2.35. The largest absolute Gasteiger partial charge is 0.383 e. The van der Waals surface area contributed by atoms with Gasteiger partial charge in [0, 0.05) is 6.54 Å². The lowest BCUT2D eigenvalue weighted by molar-refractivity contribution is 0.700. The number of terminal acetylenes is 1. The highest BCUT2D eigenvalue weighted by Crippen LogP contribution is 2.12. The van der Waals surface area contributed by atoms with E-state index >= 15 is 0 Å². The summed E-state index contributed by atoms with van der Waals surface area (Å²) < 4.78 is 1.28. The van der Waals surface area contributed by atoms with E-state index in [-0.39, 0.29) is 17.5 Å². The van der Waals surface area contributed by atoms with E-state index in [0.29, 0.717) is 6.54 Å². The van der Waals surface area contributed by atoms with Gasteiger partial charge in [-0.15, -0.1) is 6.42 Å². The fraction of sp³-hybridized carbons (Fsp3) is 0.500. The van der Waals surface area contributed by atoms with Crippen LogP contribution in [0.15, 0.2) is 9.59 Å². The molecule has 0 spiro atoms. The van der Waals surface area contributed by atoms with Gasteiger partial charge in [-0.25, -0.2) is 4.79 Å². The Morgan fingerprint density at radius 2 is 2.17 bits per heavy atom. The molecule has 1 rings (SSSR count). The van der Waals surface area contributed by atoms with Gasteiger partial charge >= 0.3 is 5.69 Å². The molecule has 1 aromatic heterocycles. The van der Waals surface area contributed by atoms with Crippen LogP contribution in [-0.4, -0.2) is 15.6 Å². The second-order valence-electron chi connectivity index (χ2n) is 3.92. The molecule has 0 aromatic carbocycles. The molecule has 0 aliphatic heterocycles. The van der Waals surface area contributed by atoms with Gasteiger partial charge in [-0.2, -0.15) is 0 Å². The standard InChI is InChI=1S/C12H18N4O2/c1-4-7-8(5-2)14-9-10(13)16(6-3)12(18)15-11(9)17/h2,8,14H,4,6-7,13H2,1,3H3,(H,15,17,18). The highest BCUT2D eigenvalue weighted by atomic mass is 16.2. The molecule has 6 nitrogen and oxygen atoms in total. The van der Waals surface area contributed by atoms with E-state index in [9.17, 15) is 9.59 Å². The normalized spacial score (nSPS) is 11.8. The van der Waals surface area contributed by atoms with Gasteiger partial charge in [0.2, 0.25) is 0 Å². The Hall–Kier alpha value is -2.16. The van der Waals surface area contributed by atoms with Crippen LogP contribution in [-0.2, 0) is 6.54 Å². The Bertz CT molecular complexity index is 565. The van der Waals surface area contributed by atoms with Gasteiger partial charge in [-0.3, -0.25) is 14.3 Å². The van der Waals surface area contributed by atoms with Gasteiger partial charge in [0.25, 0.3) is 5.56 Å². The molecule has 0 radical (unpaired) electrons. The number of rotatable bonds is 5. The Morgan fingerprint density at radius 1 is 1.50 bits per heavy atom. The molecule has 18 heavy (non-hydrogen) atoms. The van der Waals surface area contributed by atoms with Crippen LogP contribution < -0.4 is 22.3 Å². The number of anilines is 2. The SMILES string of the molecule is C#CC(CCC)Nc1c(N)n(CC)c(=O)[nH]c1=O. The second-order valence-corrected chi connectivity index (χ2v) is 3.92. The zero-order valence-electron chi connectivity index (χ0n) is 10.6. The average Bonchev–Trinajstić information content (AvgIpc) is 2.33. The first-order valence-electron chi connectivity index (χ1n) is 5.90. The van der Waals surface area contributed by atoms with Crippen LogP contribution in [0.4, 0.5) is 11.5 Å². The Balaban J connectivity index is 3.21. The van der Waals surface area contributed by atoms with Crippen molar-refractivity contribution in [3.05, 3.63) is 20.8 Å². The first-order chi connectivity index (χ1) is 8.54. The van der Waals surface area contributed by atoms with E-state index in [2.05, 4.69) is 16.2 Å². The summed E-state index contributed by atoms with van der Waals surface area (Å²) in [5.74, 6) is 2.66. The molecule has 98 valence electrons. The highest BCUT2D eigenvalue weighted by Gasteiger charge is 2.14. The number of nitrogen functional groups attached to an aromatic ring is 1. The number of nitrogens with zero attached hydrogens (tertiary/aromatic N) is 1. The van der Waals surface area contributed by atoms with Gasteiger partial charge < -0.3 is 11.1 Å². The van der Waals surface area contributed by atoms with Crippen molar-refractivity contribution in [2.45, 2.75) is 39.3 Å². The van der Waals surface area contributed by atoms with Crippen LogP contribution in [0, 0.1) is 12.3 Å². The van der Waals surface area contributed by atoms with Gasteiger partial charge in [0.1, 0.15) is 11.5 Å². The van der Waals surface area contributed by atoms with E-state index in [4.69, 9.17) is 12.2 Å². The predicted octanol–water partition coefficient (Wildman–Crippen LogP) is 0.352. The lowest BCUT2D eigenvalue weighted by Gasteiger charge is -2.16. The first kappa shape index (κ1) is 13.9. The number of aromatic amines is 1. The van der Waals surface area contributed by atoms with Crippen LogP contribution in [0.3, 0.4) is 0 Å². The maximum Gasteiger partial charge on any atom is 0.330 e. The Kier molecular flexibility index (Phi) is 4.60. The summed E-state index contributed by atoms with van der Waals surface area (Å²) in [4.78, 5) is 25.4. The van der Waals surface area contributed by atoms with Crippen molar-refractivity contribution in [3.8, 4) is 12.3 Å². The quantitative estimate of drug-likeness (QED) is 0.657. The predicted molar refractivity (Wildman–Crippen MR) is 72.6 cm³/mol. The van der Waals surface area contributed by atoms with Crippen LogP contribution in [0.25, 0.3) is 0 Å². The number of hydrogen-bond acceptors (Lipinski definition) is 4. The molecular formula is C12H18N4O2. The summed E-state index contributed by atoms with van der Waals surface area (Å²) >= 11 is 0. The number of H-pyrrole nitrogens is 1. The van der Waals surface area contributed by atoms with Crippen molar-refractivity contribution in [1.29, 1.82) is 0 Å². The Morgan fingerprint density at radius 3 is 2.67 bits per heavy atom. The molecule has 1 aromatic rings. The maximum absolute atomic E-state index is 11.7. The Labute approximate surface area is 105 Å². The maximum atomic E-state index is 11.7. The summed E-state index contributed by atoms with van der Waals surface area (Å²) in [5, 5.41) is 2.90. The third-order valence-corrected chi connectivity index (χ3v) is 2.65. The minimum absolute atomic E-state index is 0.114. The molecule has 0 saturated heterocycles. The highest BCUT2D eigenvalue weighted by molar-refractivity contribution is 5.61. The van der Waals surface area contributed by atoms with Gasteiger partial charge in [0.05, 0.1) is 6.04 Å². The molecular weight excluding hydrogens is 232 g/mol. The van der Waals surface area contributed by atoms with Crippen LogP contribution >= 0.6 is 0 Å². The topological polar surface area (TPSA) is 92.9 Å². The third-order valence-electron chi connectivity index (χ3n) is 2.65. The number of nitrogens with two attached hydrogens (primary N) is 1. The zero-order valence-corrected chi connectivity index (χ0v) is 10.6. The lowest BCUT2D eigenvalue weighted by atomic mass is 10.2. The first-order valence-corrected chi connectivity index (χ1v) is 5.90. The smallest absolute Gasteiger partial charge is 0.330 e. The molecule has 0 amide bonds. The number of nitrogens with one attached hydrogen (secondary N) is 2. The monoisotopic (exact) mass is 250 g/mol. The molecule has 0 saturated carbocycles. The second kappa shape index (κ2) is 5.96. The van der Waals surface area contributed by atoms with Crippen molar-refractivity contribution >= 4 is 11.5 Å². The molecule has 0 aliphatic rings. The van der Waals surface area contributed by atoms with Crippen molar-refractivity contribution < 1.29 is 0 Å². The van der Waals surface area contributed by atoms with Gasteiger partial charge in [-0.1, -0.05) is 19.3 Å². The molecule has 1 unspecified atom stereocenters. The average molecular weight is 250 g/mol. The molecule has 0 fully saturated rings. The van der Waals surface area contributed by atoms with Crippen molar-refractivity contribution in [2.24, 2.45) is 0 Å². The van der Waals surface area contributed by atoms with Crippen LogP contribution in [0.1, 0.15) is 26.7 Å². The van der Waals surface area contributed by atoms with Crippen molar-refractivity contribution in [3.63, 3.8) is 0 Å². The molecule has 0 aliphatic carbocycles. The van der Waals surface area contributed by atoms with E-state index in [1.165, 1.54) is 4.57 Å². The van der Waals surface area contributed by atoms with Gasteiger partial charge in [-0.05, 0) is 13.3 Å². The fourth-order valence-electron chi connectivity index (χ4n) is 1.70. The zero-order chi connectivity index (χ0) is 13.7. The number of hydrogen-bond donors (Lipinski definition) is 3. The minimum atomic E-state index is -0.543. The van der Waals surface area contributed by atoms with Crippen LogP contribution in [0.5, 0.6) is 0 Å². The van der Waals surface area contributed by atoms with E-state index in [1.54, 1.807) is 6.92 Å². The van der Waals surface area contributed by atoms with Crippen LogP contribution in [0.2, 0.25) is 0 Å². The van der Waals surface area contributed by atoms with E-state index in [0.717, 1.165) is 12.8 Å². The number of aromatic nitrogens is 2. The van der Waals surface area contributed by atoms with Crippen molar-refractivity contribution in [2.75, 3.05) is 11.1 Å². The molecule has 4 N–H and O–H groups in total. The molecule has 0 bridgehead atoms. The van der Waals surface area contributed by atoms with E-state index in [1.807, 2.05) is 6.92 Å². The molecule has 1 atom stereocenters. The molecule has 6 heteroatoms. The summed E-state index contributed by atoms with van der Waals surface area (Å²) in [6.07, 6.45) is 6.98. The molecule has 1 heterocycles. The summed E-state index contributed by atoms with van der Waals surface area (Å²) in [6.45, 7) is 4.14. The summed E-state index contributed by atoms with van der Waals surface area (Å²) in [6, 6.07) is -0.277. The minimum Gasteiger partial charge on any atom is -0.383 e. The summed E-state index contributed by atoms with van der Waals surface area (Å²) in [5.41, 5.74) is 4.91. The van der Waals surface area contributed by atoms with E-state index < -0.39 is 11.2 Å². The fourth-order valence-corrected chi connectivity index (χ4v) is 1.70.